The molecule has 0 unspecified atom stereocenters. The minimum Gasteiger partial charge on any atom is -0.431 e. The second-order valence-corrected chi connectivity index (χ2v) is 8.33. The van der Waals surface area contributed by atoms with E-state index in [4.69, 9.17) is 4.42 Å². The van der Waals surface area contributed by atoms with E-state index in [2.05, 4.69) is 15.2 Å². The number of rotatable bonds is 5. The number of benzene rings is 2. The Morgan fingerprint density at radius 3 is 2.25 bits per heavy atom. The summed E-state index contributed by atoms with van der Waals surface area (Å²) in [4.78, 5) is 34.4. The summed E-state index contributed by atoms with van der Waals surface area (Å²) in [6.07, 6.45) is -4.88. The van der Waals surface area contributed by atoms with Crippen molar-refractivity contribution in [1.29, 1.82) is 0 Å². The van der Waals surface area contributed by atoms with Crippen molar-refractivity contribution in [2.24, 2.45) is 0 Å². The van der Waals surface area contributed by atoms with Gasteiger partial charge in [0.2, 0.25) is 11.7 Å². The van der Waals surface area contributed by atoms with Gasteiger partial charge in [-0.15, -0.1) is 0 Å². The monoisotopic (exact) mass is 501 g/mol. The summed E-state index contributed by atoms with van der Waals surface area (Å²) in [5.74, 6) is -2.75. The van der Waals surface area contributed by atoms with Gasteiger partial charge in [-0.05, 0) is 43.3 Å². The molecule has 0 bridgehead atoms. The summed E-state index contributed by atoms with van der Waals surface area (Å²) in [7, 11) is 1.76. The van der Waals surface area contributed by atoms with Crippen molar-refractivity contribution in [2.75, 3.05) is 50.0 Å². The normalized spacial score (nSPS) is 14.0. The van der Waals surface area contributed by atoms with E-state index in [0.29, 0.717) is 44.0 Å². The largest absolute Gasteiger partial charge is 0.452 e. The van der Waals surface area contributed by atoms with Crippen LogP contribution in [0.25, 0.3) is 11.5 Å². The van der Waals surface area contributed by atoms with Gasteiger partial charge < -0.3 is 24.4 Å². The molecule has 190 valence electrons. The van der Waals surface area contributed by atoms with Crippen molar-refractivity contribution < 1.29 is 27.2 Å². The predicted molar refractivity (Wildman–Crippen MR) is 129 cm³/mol. The van der Waals surface area contributed by atoms with Crippen LogP contribution in [0.5, 0.6) is 0 Å². The number of nitrogens with one attached hydrogen (secondary N) is 1. The van der Waals surface area contributed by atoms with Crippen molar-refractivity contribution in [2.45, 2.75) is 13.1 Å². The molecule has 1 N–H and O–H groups in total. The summed E-state index contributed by atoms with van der Waals surface area (Å²) >= 11 is 0. The molecule has 0 radical (unpaired) electrons. The van der Waals surface area contributed by atoms with E-state index < -0.39 is 23.5 Å². The third-order valence-corrected chi connectivity index (χ3v) is 5.96. The SMILES string of the molecule is CCN(C)C(=O)N1CCN(c2ccc(NC(=O)c3nc(-c4ccccc4)oc3C(F)(F)F)cc2)CC1. The lowest BCUT2D eigenvalue weighted by Crippen LogP contribution is -2.52. The number of hydrogen-bond donors (Lipinski definition) is 1. The molecule has 3 aromatic rings. The number of anilines is 2. The molecular formula is C25H26F3N5O3. The Balaban J connectivity index is 1.44. The average molecular weight is 502 g/mol. The number of halogens is 3. The molecule has 3 amide bonds. The van der Waals surface area contributed by atoms with Crippen molar-refractivity contribution in [1.82, 2.24) is 14.8 Å². The van der Waals surface area contributed by atoms with Crippen LogP contribution in [0, 0.1) is 0 Å². The molecule has 0 spiro atoms. The molecule has 1 fully saturated rings. The minimum atomic E-state index is -4.88. The zero-order valence-corrected chi connectivity index (χ0v) is 19.9. The van der Waals surface area contributed by atoms with Gasteiger partial charge in [0.1, 0.15) is 0 Å². The van der Waals surface area contributed by atoms with E-state index >= 15 is 0 Å². The van der Waals surface area contributed by atoms with Crippen LogP contribution < -0.4 is 10.2 Å². The molecule has 1 aliphatic rings. The topological polar surface area (TPSA) is 81.9 Å². The van der Waals surface area contributed by atoms with E-state index in [1.807, 2.05) is 6.92 Å². The first-order chi connectivity index (χ1) is 17.2. The maximum absolute atomic E-state index is 13.5. The molecule has 1 aromatic heterocycles. The molecule has 8 nitrogen and oxygen atoms in total. The zero-order valence-electron chi connectivity index (χ0n) is 19.9. The standard InChI is InChI=1S/C25H26F3N5O3/c1-3-31(2)24(35)33-15-13-32(14-16-33)19-11-9-18(10-12-19)29-22(34)20-21(25(26,27)28)36-23(30-20)17-7-5-4-6-8-17/h4-12H,3,13-16H2,1-2H3,(H,29,34). The van der Waals surface area contributed by atoms with E-state index in [1.54, 1.807) is 71.4 Å². The Labute approximate surface area is 206 Å². The van der Waals surface area contributed by atoms with Crippen LogP contribution in [-0.4, -0.2) is 66.5 Å². The molecule has 4 rings (SSSR count). The molecule has 11 heteroatoms. The zero-order chi connectivity index (χ0) is 25.9. The first kappa shape index (κ1) is 25.1. The number of hydrogen-bond acceptors (Lipinski definition) is 5. The maximum atomic E-state index is 13.5. The van der Waals surface area contributed by atoms with Gasteiger partial charge in [-0.3, -0.25) is 4.79 Å². The van der Waals surface area contributed by atoms with E-state index in [9.17, 15) is 22.8 Å². The number of urea groups is 1. The fourth-order valence-corrected chi connectivity index (χ4v) is 3.85. The third kappa shape index (κ3) is 5.45. The van der Waals surface area contributed by atoms with Crippen LogP contribution in [0.4, 0.5) is 29.3 Å². The van der Waals surface area contributed by atoms with Crippen LogP contribution >= 0.6 is 0 Å². The summed E-state index contributed by atoms with van der Waals surface area (Å²) in [6, 6.07) is 14.8. The fourth-order valence-electron chi connectivity index (χ4n) is 3.85. The highest BCUT2D eigenvalue weighted by atomic mass is 19.4. The lowest BCUT2D eigenvalue weighted by atomic mass is 10.2. The Hall–Kier alpha value is -4.02. The Kier molecular flexibility index (Phi) is 7.18. The number of carbonyl (C=O) groups is 2. The van der Waals surface area contributed by atoms with Crippen LogP contribution in [0.3, 0.4) is 0 Å². The average Bonchev–Trinajstić information content (AvgIpc) is 3.36. The molecule has 0 saturated carbocycles. The lowest BCUT2D eigenvalue weighted by molar-refractivity contribution is -0.153. The third-order valence-electron chi connectivity index (χ3n) is 5.96. The highest BCUT2D eigenvalue weighted by Crippen LogP contribution is 2.35. The van der Waals surface area contributed by atoms with Crippen LogP contribution in [0.1, 0.15) is 23.2 Å². The quantitative estimate of drug-likeness (QED) is 0.543. The number of oxazole rings is 1. The van der Waals surface area contributed by atoms with E-state index in [1.165, 1.54) is 0 Å². The molecule has 36 heavy (non-hydrogen) atoms. The molecule has 0 aliphatic carbocycles. The van der Waals surface area contributed by atoms with Gasteiger partial charge in [-0.2, -0.15) is 13.2 Å². The first-order valence-electron chi connectivity index (χ1n) is 11.5. The van der Waals surface area contributed by atoms with Gasteiger partial charge in [0.05, 0.1) is 0 Å². The summed E-state index contributed by atoms with van der Waals surface area (Å²) in [5.41, 5.74) is 0.699. The Morgan fingerprint density at radius 2 is 1.67 bits per heavy atom. The number of nitrogens with zero attached hydrogens (tertiary/aromatic N) is 4. The summed E-state index contributed by atoms with van der Waals surface area (Å²) in [6.45, 7) is 5.01. The summed E-state index contributed by atoms with van der Waals surface area (Å²) < 4.78 is 45.5. The van der Waals surface area contributed by atoms with E-state index in [0.717, 1.165) is 5.69 Å². The molecular weight excluding hydrogens is 475 g/mol. The molecule has 0 atom stereocenters. The second-order valence-electron chi connectivity index (χ2n) is 8.33. The van der Waals surface area contributed by atoms with Gasteiger partial charge in [0.25, 0.3) is 5.91 Å². The number of alkyl halides is 3. The smallest absolute Gasteiger partial charge is 0.431 e. The van der Waals surface area contributed by atoms with Crippen molar-refractivity contribution >= 4 is 23.3 Å². The Bertz CT molecular complexity index is 1200. The van der Waals surface area contributed by atoms with Crippen LogP contribution in [-0.2, 0) is 6.18 Å². The van der Waals surface area contributed by atoms with Crippen molar-refractivity contribution in [3.63, 3.8) is 0 Å². The van der Waals surface area contributed by atoms with Gasteiger partial charge in [-0.25, -0.2) is 9.78 Å². The highest BCUT2D eigenvalue weighted by Gasteiger charge is 2.42. The number of aromatic nitrogens is 1. The predicted octanol–water partition coefficient (Wildman–Crippen LogP) is 4.81. The van der Waals surface area contributed by atoms with Gasteiger partial charge in [0.15, 0.2) is 5.69 Å². The van der Waals surface area contributed by atoms with Gasteiger partial charge in [-0.1, -0.05) is 18.2 Å². The summed E-state index contributed by atoms with van der Waals surface area (Å²) in [5, 5.41) is 2.47. The second kappa shape index (κ2) is 10.3. The first-order valence-corrected chi connectivity index (χ1v) is 11.5. The van der Waals surface area contributed by atoms with Gasteiger partial charge in [0, 0.05) is 56.7 Å². The molecule has 1 aliphatic heterocycles. The maximum Gasteiger partial charge on any atom is 0.452 e. The fraction of sp³-hybridized carbons (Fsp3) is 0.320. The molecule has 1 saturated heterocycles. The van der Waals surface area contributed by atoms with Crippen molar-refractivity contribution in [3.8, 4) is 11.5 Å². The van der Waals surface area contributed by atoms with Crippen molar-refractivity contribution in [3.05, 3.63) is 66.1 Å². The Morgan fingerprint density at radius 1 is 1.03 bits per heavy atom. The molecule has 2 aromatic carbocycles. The lowest BCUT2D eigenvalue weighted by Gasteiger charge is -2.37. The number of piperazine rings is 1. The number of amides is 3. The number of carbonyl (C=O) groups excluding carboxylic acids is 2. The van der Waals surface area contributed by atoms with Crippen LogP contribution in [0.2, 0.25) is 0 Å². The van der Waals surface area contributed by atoms with Crippen LogP contribution in [0.15, 0.2) is 59.0 Å². The highest BCUT2D eigenvalue weighted by molar-refractivity contribution is 6.04. The molecule has 2 heterocycles. The minimum absolute atomic E-state index is 0.00304. The van der Waals surface area contributed by atoms with Gasteiger partial charge >= 0.3 is 12.2 Å². The van der Waals surface area contributed by atoms with E-state index in [-0.39, 0.29) is 11.9 Å².